The van der Waals surface area contributed by atoms with E-state index < -0.39 is 10.0 Å². The molecule has 1 aromatic carbocycles. The number of ether oxygens (including phenoxy) is 1. The predicted molar refractivity (Wildman–Crippen MR) is 75.9 cm³/mol. The first-order valence-electron chi connectivity index (χ1n) is 4.89. The van der Waals surface area contributed by atoms with Crippen LogP contribution in [0.3, 0.4) is 0 Å². The highest BCUT2D eigenvalue weighted by Gasteiger charge is 2.23. The maximum absolute atomic E-state index is 12.2. The molecule has 0 radical (unpaired) electrons. The van der Waals surface area contributed by atoms with Crippen LogP contribution in [0.1, 0.15) is 0 Å². The van der Waals surface area contributed by atoms with Crippen molar-refractivity contribution >= 4 is 49.7 Å². The van der Waals surface area contributed by atoms with Gasteiger partial charge in [-0.1, -0.05) is 23.2 Å². The Bertz CT molecular complexity index is 687. The number of sulfonamides is 1. The van der Waals surface area contributed by atoms with Crippen molar-refractivity contribution in [3.63, 3.8) is 0 Å². The predicted octanol–water partition coefficient (Wildman–Crippen LogP) is 3.26. The molecule has 2 rings (SSSR count). The zero-order valence-electron chi connectivity index (χ0n) is 9.55. The van der Waals surface area contributed by atoms with Crippen LogP contribution in [0.4, 0.5) is 5.13 Å². The first-order valence-corrected chi connectivity index (χ1v) is 8.01. The van der Waals surface area contributed by atoms with E-state index in [0.29, 0.717) is 0 Å². The molecule has 0 bridgehead atoms. The molecular formula is C10H8Cl2N2O3S2. The SMILES string of the molecule is COc1c(Cl)cc(Cl)cc1S(=O)(=O)Nc1nccs1. The summed E-state index contributed by atoms with van der Waals surface area (Å²) in [6, 6.07) is 2.67. The Balaban J connectivity index is 2.51. The van der Waals surface area contributed by atoms with Gasteiger partial charge in [-0.3, -0.25) is 4.72 Å². The van der Waals surface area contributed by atoms with Crippen LogP contribution in [0.5, 0.6) is 5.75 Å². The normalized spacial score (nSPS) is 11.3. The second kappa shape index (κ2) is 5.54. The van der Waals surface area contributed by atoms with Crippen molar-refractivity contribution in [1.82, 2.24) is 4.98 Å². The molecule has 1 heterocycles. The molecular weight excluding hydrogens is 331 g/mol. The Morgan fingerprint density at radius 2 is 2.11 bits per heavy atom. The van der Waals surface area contributed by atoms with Gasteiger partial charge in [0.2, 0.25) is 0 Å². The van der Waals surface area contributed by atoms with Gasteiger partial charge in [0.25, 0.3) is 10.0 Å². The van der Waals surface area contributed by atoms with Gasteiger partial charge in [-0.15, -0.1) is 11.3 Å². The van der Waals surface area contributed by atoms with Crippen LogP contribution in [-0.4, -0.2) is 20.5 Å². The molecule has 102 valence electrons. The summed E-state index contributed by atoms with van der Waals surface area (Å²) in [4.78, 5) is 3.71. The second-order valence-electron chi connectivity index (χ2n) is 3.36. The minimum Gasteiger partial charge on any atom is -0.494 e. The average molecular weight is 339 g/mol. The topological polar surface area (TPSA) is 68.3 Å². The number of benzene rings is 1. The molecule has 1 N–H and O–H groups in total. The Morgan fingerprint density at radius 1 is 1.37 bits per heavy atom. The van der Waals surface area contributed by atoms with Gasteiger partial charge in [0.15, 0.2) is 10.9 Å². The van der Waals surface area contributed by atoms with E-state index in [-0.39, 0.29) is 25.8 Å². The van der Waals surface area contributed by atoms with Gasteiger partial charge in [-0.25, -0.2) is 13.4 Å². The van der Waals surface area contributed by atoms with Gasteiger partial charge in [0.05, 0.1) is 12.1 Å². The molecule has 0 aliphatic carbocycles. The van der Waals surface area contributed by atoms with Gasteiger partial charge in [-0.2, -0.15) is 0 Å². The quantitative estimate of drug-likeness (QED) is 0.928. The number of thiazole rings is 1. The Morgan fingerprint density at radius 3 is 2.68 bits per heavy atom. The maximum Gasteiger partial charge on any atom is 0.267 e. The third kappa shape index (κ3) is 3.11. The smallest absolute Gasteiger partial charge is 0.267 e. The Hall–Kier alpha value is -1.02. The first-order chi connectivity index (χ1) is 8.94. The molecule has 19 heavy (non-hydrogen) atoms. The standard InChI is InChI=1S/C10H8Cl2N2O3S2/c1-17-9-7(12)4-6(11)5-8(9)19(15,16)14-10-13-2-3-18-10/h2-5H,1H3,(H,13,14). The molecule has 5 nitrogen and oxygen atoms in total. The summed E-state index contributed by atoms with van der Waals surface area (Å²) in [5.41, 5.74) is 0. The van der Waals surface area contributed by atoms with Crippen LogP contribution in [0.25, 0.3) is 0 Å². The lowest BCUT2D eigenvalue weighted by molar-refractivity contribution is 0.403. The highest BCUT2D eigenvalue weighted by atomic mass is 35.5. The lowest BCUT2D eigenvalue weighted by atomic mass is 10.3. The van der Waals surface area contributed by atoms with Crippen molar-refractivity contribution in [3.05, 3.63) is 33.8 Å². The fraction of sp³-hybridized carbons (Fsp3) is 0.100. The van der Waals surface area contributed by atoms with Crippen molar-refractivity contribution in [3.8, 4) is 5.75 Å². The maximum atomic E-state index is 12.2. The molecule has 9 heteroatoms. The summed E-state index contributed by atoms with van der Waals surface area (Å²) < 4.78 is 31.8. The van der Waals surface area contributed by atoms with Gasteiger partial charge < -0.3 is 4.74 Å². The number of rotatable bonds is 4. The highest BCUT2D eigenvalue weighted by Crippen LogP contribution is 2.36. The number of halogens is 2. The number of aromatic nitrogens is 1. The van der Waals surface area contributed by atoms with E-state index in [1.807, 2.05) is 0 Å². The first kappa shape index (κ1) is 14.4. The van der Waals surface area contributed by atoms with E-state index in [1.165, 1.54) is 25.4 Å². The fourth-order valence-corrected chi connectivity index (χ4v) is 4.08. The van der Waals surface area contributed by atoms with Crippen molar-refractivity contribution < 1.29 is 13.2 Å². The summed E-state index contributed by atoms with van der Waals surface area (Å²) >= 11 is 12.9. The van der Waals surface area contributed by atoms with Crippen molar-refractivity contribution in [2.75, 3.05) is 11.8 Å². The lowest BCUT2D eigenvalue weighted by Gasteiger charge is -2.11. The van der Waals surface area contributed by atoms with E-state index in [0.717, 1.165) is 11.3 Å². The van der Waals surface area contributed by atoms with Crippen LogP contribution >= 0.6 is 34.5 Å². The van der Waals surface area contributed by atoms with Crippen molar-refractivity contribution in [1.29, 1.82) is 0 Å². The van der Waals surface area contributed by atoms with E-state index in [1.54, 1.807) is 5.38 Å². The lowest BCUT2D eigenvalue weighted by Crippen LogP contribution is -2.14. The van der Waals surface area contributed by atoms with Crippen molar-refractivity contribution in [2.45, 2.75) is 4.90 Å². The molecule has 0 saturated carbocycles. The fourth-order valence-electron chi connectivity index (χ4n) is 1.38. The monoisotopic (exact) mass is 338 g/mol. The number of anilines is 1. The van der Waals surface area contributed by atoms with Gasteiger partial charge in [0.1, 0.15) is 4.90 Å². The van der Waals surface area contributed by atoms with Gasteiger partial charge in [-0.05, 0) is 12.1 Å². The number of nitrogens with zero attached hydrogens (tertiary/aromatic N) is 1. The third-order valence-electron chi connectivity index (χ3n) is 2.12. The molecule has 1 aromatic heterocycles. The molecule has 0 unspecified atom stereocenters. The second-order valence-corrected chi connectivity index (χ2v) is 6.75. The summed E-state index contributed by atoms with van der Waals surface area (Å²) in [5.74, 6) is 0.0372. The molecule has 0 atom stereocenters. The van der Waals surface area contributed by atoms with Crippen LogP contribution < -0.4 is 9.46 Å². The van der Waals surface area contributed by atoms with Crippen LogP contribution in [0.2, 0.25) is 10.0 Å². The Kier molecular flexibility index (Phi) is 4.19. The number of nitrogens with one attached hydrogen (secondary N) is 1. The van der Waals surface area contributed by atoms with Crippen molar-refractivity contribution in [2.24, 2.45) is 0 Å². The van der Waals surface area contributed by atoms with Crippen LogP contribution in [0, 0.1) is 0 Å². The van der Waals surface area contributed by atoms with Gasteiger partial charge >= 0.3 is 0 Å². The van der Waals surface area contributed by atoms with Crippen LogP contribution in [0.15, 0.2) is 28.6 Å². The zero-order valence-corrected chi connectivity index (χ0v) is 12.7. The molecule has 0 spiro atoms. The Labute approximate surface area is 124 Å². The molecule has 2 aromatic rings. The van der Waals surface area contributed by atoms with E-state index >= 15 is 0 Å². The number of methoxy groups -OCH3 is 1. The molecule has 0 aliphatic heterocycles. The number of hydrogen-bond donors (Lipinski definition) is 1. The molecule has 0 aliphatic rings. The average Bonchev–Trinajstić information content (AvgIpc) is 2.80. The summed E-state index contributed by atoms with van der Waals surface area (Å²) in [6.45, 7) is 0. The minimum absolute atomic E-state index is 0.0372. The van der Waals surface area contributed by atoms with E-state index in [9.17, 15) is 8.42 Å². The van der Waals surface area contributed by atoms with Gasteiger partial charge in [0, 0.05) is 16.6 Å². The molecule has 0 saturated heterocycles. The zero-order chi connectivity index (χ0) is 14.0. The molecule has 0 amide bonds. The largest absolute Gasteiger partial charge is 0.494 e. The third-order valence-corrected chi connectivity index (χ3v) is 4.78. The van der Waals surface area contributed by atoms with E-state index in [2.05, 4.69) is 9.71 Å². The van der Waals surface area contributed by atoms with Crippen LogP contribution in [-0.2, 0) is 10.0 Å². The summed E-state index contributed by atoms with van der Waals surface area (Å²) in [5, 5.41) is 2.22. The molecule has 0 fully saturated rings. The minimum atomic E-state index is -3.87. The number of hydrogen-bond acceptors (Lipinski definition) is 5. The summed E-state index contributed by atoms with van der Waals surface area (Å²) in [7, 11) is -2.54. The van der Waals surface area contributed by atoms with E-state index in [4.69, 9.17) is 27.9 Å². The highest BCUT2D eigenvalue weighted by molar-refractivity contribution is 7.93. The summed E-state index contributed by atoms with van der Waals surface area (Å²) in [6.07, 6.45) is 1.49.